The Labute approximate surface area is 190 Å². The Morgan fingerprint density at radius 2 is 1.22 bits per heavy atom. The normalized spacial score (nSPS) is 16.8. The van der Waals surface area contributed by atoms with Crippen LogP contribution in [0.2, 0.25) is 0 Å². The van der Waals surface area contributed by atoms with Crippen LogP contribution in [0.15, 0.2) is 71.1 Å². The maximum absolute atomic E-state index is 4.61. The molecular weight excluding hydrogens is 396 g/mol. The van der Waals surface area contributed by atoms with Gasteiger partial charge < -0.3 is 9.80 Å². The molecule has 0 N–H and O–H groups in total. The summed E-state index contributed by atoms with van der Waals surface area (Å²) in [6, 6.07) is 17.3. The van der Waals surface area contributed by atoms with Crippen LogP contribution in [0.1, 0.15) is 42.6 Å². The lowest BCUT2D eigenvalue weighted by atomic mass is 10.2. The van der Waals surface area contributed by atoms with E-state index in [1.165, 1.54) is 63.2 Å². The number of anilines is 2. The molecule has 0 spiro atoms. The predicted octanol–water partition coefficient (Wildman–Crippen LogP) is 4.05. The van der Waals surface area contributed by atoms with Gasteiger partial charge in [-0.1, -0.05) is 34.5 Å². The van der Waals surface area contributed by atoms with Crippen LogP contribution in [-0.4, -0.2) is 43.3 Å². The summed E-state index contributed by atoms with van der Waals surface area (Å²) < 4.78 is 3.70. The van der Waals surface area contributed by atoms with Gasteiger partial charge in [0.05, 0.1) is 12.4 Å². The van der Waals surface area contributed by atoms with Crippen LogP contribution in [0, 0.1) is 6.92 Å². The van der Waals surface area contributed by atoms with Gasteiger partial charge in [-0.2, -0.15) is 0 Å². The highest BCUT2D eigenvalue weighted by Crippen LogP contribution is 2.21. The van der Waals surface area contributed by atoms with E-state index in [1.54, 1.807) is 0 Å². The standard InChI is InChI=1S/C26H31N6/c1-22-31(27-20-23-6-10-25(11-7-23)29-14-2-3-15-29)18-19-32(22)28-21-24-8-12-26(13-9-24)30-16-4-5-17-30/h6-13,18-21H,2-5,14-17H2,1H3/q+1. The molecule has 2 fully saturated rings. The number of aromatic nitrogens is 2. The van der Waals surface area contributed by atoms with Crippen molar-refractivity contribution in [1.29, 1.82) is 0 Å². The molecule has 0 aliphatic carbocycles. The van der Waals surface area contributed by atoms with Gasteiger partial charge in [0, 0.05) is 44.5 Å². The summed E-state index contributed by atoms with van der Waals surface area (Å²) in [5.41, 5.74) is 4.79. The molecule has 164 valence electrons. The fourth-order valence-corrected chi connectivity index (χ4v) is 4.44. The van der Waals surface area contributed by atoms with Crippen molar-refractivity contribution in [2.75, 3.05) is 36.0 Å². The van der Waals surface area contributed by atoms with Crippen molar-refractivity contribution in [2.24, 2.45) is 10.2 Å². The van der Waals surface area contributed by atoms with E-state index in [2.05, 4.69) is 68.5 Å². The van der Waals surface area contributed by atoms with Crippen molar-refractivity contribution >= 4 is 23.8 Å². The summed E-state index contributed by atoms with van der Waals surface area (Å²) in [7, 11) is 0. The zero-order valence-electron chi connectivity index (χ0n) is 18.8. The third-order valence-corrected chi connectivity index (χ3v) is 6.40. The Kier molecular flexibility index (Phi) is 6.01. The number of hydrogen-bond acceptors (Lipinski definition) is 4. The van der Waals surface area contributed by atoms with Crippen molar-refractivity contribution in [2.45, 2.75) is 32.6 Å². The lowest BCUT2D eigenvalue weighted by molar-refractivity contribution is -0.684. The van der Waals surface area contributed by atoms with Crippen molar-refractivity contribution in [3.05, 3.63) is 77.9 Å². The van der Waals surface area contributed by atoms with Crippen LogP contribution >= 0.6 is 0 Å². The molecule has 2 aliphatic heterocycles. The molecule has 0 radical (unpaired) electrons. The Hall–Kier alpha value is -3.41. The number of benzene rings is 2. The Morgan fingerprint density at radius 1 is 0.719 bits per heavy atom. The van der Waals surface area contributed by atoms with Gasteiger partial charge in [-0.3, -0.25) is 0 Å². The predicted molar refractivity (Wildman–Crippen MR) is 131 cm³/mol. The molecule has 3 aromatic rings. The number of hydrogen-bond donors (Lipinski definition) is 0. The minimum atomic E-state index is 0.944. The van der Waals surface area contributed by atoms with Gasteiger partial charge in [-0.25, -0.2) is 0 Å². The third-order valence-electron chi connectivity index (χ3n) is 6.40. The molecule has 3 heterocycles. The first-order valence-corrected chi connectivity index (χ1v) is 11.6. The molecule has 5 rings (SSSR count). The molecule has 0 saturated carbocycles. The molecule has 0 bridgehead atoms. The van der Waals surface area contributed by atoms with E-state index < -0.39 is 0 Å². The highest BCUT2D eigenvalue weighted by molar-refractivity contribution is 5.80. The Balaban J connectivity index is 1.23. The molecule has 6 heteroatoms. The Bertz CT molecular complexity index is 995. The molecule has 2 aromatic carbocycles. The molecule has 1 aromatic heterocycles. The quantitative estimate of drug-likeness (QED) is 0.440. The Morgan fingerprint density at radius 3 is 1.75 bits per heavy atom. The average Bonchev–Trinajstić information content (AvgIpc) is 3.60. The van der Waals surface area contributed by atoms with E-state index in [4.69, 9.17) is 0 Å². The van der Waals surface area contributed by atoms with Crippen LogP contribution in [0.3, 0.4) is 0 Å². The summed E-state index contributed by atoms with van der Waals surface area (Å²) in [4.78, 5) is 4.88. The SMILES string of the molecule is Cc1n(N=Cc2ccc(N3CCCC3)cc2)cc[n+]1N=Cc1ccc(N2CCCC2)cc1. The van der Waals surface area contributed by atoms with Gasteiger partial charge in [0.15, 0.2) is 12.4 Å². The van der Waals surface area contributed by atoms with Gasteiger partial charge in [-0.05, 0) is 61.1 Å². The molecule has 32 heavy (non-hydrogen) atoms. The first kappa shape index (κ1) is 20.5. The number of rotatable bonds is 6. The second-order valence-corrected chi connectivity index (χ2v) is 8.60. The first-order chi connectivity index (χ1) is 15.8. The van der Waals surface area contributed by atoms with Gasteiger partial charge in [0.2, 0.25) is 0 Å². The topological polar surface area (TPSA) is 40.0 Å². The van der Waals surface area contributed by atoms with E-state index in [0.717, 1.165) is 17.0 Å². The maximum atomic E-state index is 4.61. The van der Waals surface area contributed by atoms with Crippen molar-refractivity contribution in [1.82, 2.24) is 4.68 Å². The van der Waals surface area contributed by atoms with Crippen LogP contribution in [0.25, 0.3) is 0 Å². The van der Waals surface area contributed by atoms with E-state index in [9.17, 15) is 0 Å². The monoisotopic (exact) mass is 427 g/mol. The minimum absolute atomic E-state index is 0.944. The van der Waals surface area contributed by atoms with E-state index in [0.29, 0.717) is 0 Å². The van der Waals surface area contributed by atoms with E-state index in [1.807, 2.05) is 41.1 Å². The maximum Gasteiger partial charge on any atom is 0.304 e. The number of nitrogens with zero attached hydrogens (tertiary/aromatic N) is 6. The smallest absolute Gasteiger partial charge is 0.304 e. The summed E-state index contributed by atoms with van der Waals surface area (Å²) in [5, 5.41) is 9.22. The first-order valence-electron chi connectivity index (χ1n) is 11.6. The highest BCUT2D eigenvalue weighted by atomic mass is 15.5. The zero-order valence-corrected chi connectivity index (χ0v) is 18.8. The summed E-state index contributed by atoms with van der Waals surface area (Å²) in [5.74, 6) is 0.944. The third kappa shape index (κ3) is 4.59. The van der Waals surface area contributed by atoms with Crippen molar-refractivity contribution in [3.8, 4) is 0 Å². The lowest BCUT2D eigenvalue weighted by Gasteiger charge is -2.17. The average molecular weight is 428 g/mol. The van der Waals surface area contributed by atoms with Crippen LogP contribution in [0.4, 0.5) is 11.4 Å². The van der Waals surface area contributed by atoms with E-state index >= 15 is 0 Å². The second kappa shape index (κ2) is 9.39. The van der Waals surface area contributed by atoms with Crippen LogP contribution < -0.4 is 14.5 Å². The molecule has 2 aliphatic rings. The van der Waals surface area contributed by atoms with Gasteiger partial charge in [-0.15, -0.1) is 9.35 Å². The molecule has 2 saturated heterocycles. The molecule has 0 unspecified atom stereocenters. The van der Waals surface area contributed by atoms with Gasteiger partial charge in [0.25, 0.3) is 0 Å². The molecule has 6 nitrogen and oxygen atoms in total. The van der Waals surface area contributed by atoms with Crippen molar-refractivity contribution in [3.63, 3.8) is 0 Å². The fraction of sp³-hybridized carbons (Fsp3) is 0.346. The van der Waals surface area contributed by atoms with Crippen LogP contribution in [-0.2, 0) is 0 Å². The summed E-state index contributed by atoms with van der Waals surface area (Å²) in [6.07, 6.45) is 12.8. The molecular formula is C26H31N6+. The van der Waals surface area contributed by atoms with Gasteiger partial charge in [0.1, 0.15) is 0 Å². The summed E-state index contributed by atoms with van der Waals surface area (Å²) in [6.45, 7) is 6.68. The molecule has 0 atom stereocenters. The van der Waals surface area contributed by atoms with Gasteiger partial charge >= 0.3 is 5.82 Å². The summed E-state index contributed by atoms with van der Waals surface area (Å²) >= 11 is 0. The lowest BCUT2D eigenvalue weighted by Crippen LogP contribution is -2.29. The van der Waals surface area contributed by atoms with E-state index in [-0.39, 0.29) is 0 Å². The molecule has 0 amide bonds. The van der Waals surface area contributed by atoms with Crippen molar-refractivity contribution < 1.29 is 4.68 Å². The second-order valence-electron chi connectivity index (χ2n) is 8.60. The fourth-order valence-electron chi connectivity index (χ4n) is 4.44. The highest BCUT2D eigenvalue weighted by Gasteiger charge is 2.13. The number of imidazole rings is 1. The largest absolute Gasteiger partial charge is 0.372 e. The zero-order chi connectivity index (χ0) is 21.8. The van der Waals surface area contributed by atoms with Crippen LogP contribution in [0.5, 0.6) is 0 Å². The minimum Gasteiger partial charge on any atom is -0.372 e.